The normalized spacial score (nSPS) is 19.7. The number of benzene rings is 12. The van der Waals surface area contributed by atoms with Gasteiger partial charge in [0.25, 0.3) is 0 Å². The van der Waals surface area contributed by atoms with Crippen LogP contribution >= 0.6 is 7.82 Å². The van der Waals surface area contributed by atoms with Gasteiger partial charge in [-0.05, 0) is 78.0 Å². The maximum atomic E-state index is 16.9. The van der Waals surface area contributed by atoms with E-state index in [1.54, 1.807) is 7.11 Å². The van der Waals surface area contributed by atoms with Crippen LogP contribution in [0.15, 0.2) is 346 Å². The number of hydrogen-bond acceptors (Lipinski definition) is 20. The van der Waals surface area contributed by atoms with Crippen molar-refractivity contribution in [3.8, 4) is 0 Å². The molecule has 14 rings (SSSR count). The van der Waals surface area contributed by atoms with Crippen LogP contribution in [0.5, 0.6) is 0 Å². The maximum absolute atomic E-state index is 16.9. The molecule has 11 unspecified atom stereocenters. The van der Waals surface area contributed by atoms with Gasteiger partial charge >= 0.3 is 7.82 Å². The summed E-state index contributed by atoms with van der Waals surface area (Å²) in [7, 11) is -1.83. The zero-order chi connectivity index (χ0) is 84.8. The fraction of sp³-hybridized carbons (Fsp3) is 0.320. The standard InChI is InChI=1S/C103H111O20P/c1-105-100-98(116-69-85-51-29-11-30-52-85)94(72-107-60-77-35-13-3-14-36-77)121-102(100)117-75-92(112-65-81-43-21-7-22-44-81)97(115-68-84-49-27-10-28-50-84)93(113-66-82-45-23-8-24-46-82)76-120-124(104,119-70-86-53-31-12-32-54-86)123-99-95(73-108-61-78-37-15-4-16-38-78)122-103(101(99)106-2)118-74-91(111-64-80-41-19-6-20-42-80)96(114-67-83-47-25-9-26-48-83)90(110-63-79-39-17-5-18-40-79)71-109-62-87-57-58-88-55-33-34-56-89(88)59-87/h3-59,90-103H,60-76H2,1-2H3/t90?,91?,92?,93?,94-,95-,96?,97?,98?,99?,100?,101?,102-,103-,124?/m1/s1. The molecule has 21 heteroatoms. The van der Waals surface area contributed by atoms with E-state index in [0.717, 1.165) is 66.4 Å². The van der Waals surface area contributed by atoms with Crippen molar-refractivity contribution in [2.24, 2.45) is 0 Å². The molecule has 20 nitrogen and oxygen atoms in total. The van der Waals surface area contributed by atoms with Crippen LogP contribution in [0.1, 0.15) is 61.2 Å². The number of methoxy groups -OCH3 is 2. The third kappa shape index (κ3) is 28.2. The van der Waals surface area contributed by atoms with Crippen molar-refractivity contribution < 1.29 is 93.9 Å². The molecule has 124 heavy (non-hydrogen) atoms. The first-order valence-electron chi connectivity index (χ1n) is 42.3. The minimum absolute atomic E-state index is 0.0411. The van der Waals surface area contributed by atoms with Gasteiger partial charge in [0, 0.05) is 14.2 Å². The highest BCUT2D eigenvalue weighted by Gasteiger charge is 2.53. The smallest absolute Gasteiger partial charge is 0.374 e. The molecule has 2 aliphatic heterocycles. The molecule has 12 aromatic carbocycles. The van der Waals surface area contributed by atoms with Crippen molar-refractivity contribution in [1.29, 1.82) is 0 Å². The first kappa shape index (κ1) is 90.6. The predicted octanol–water partition coefficient (Wildman–Crippen LogP) is 19.1. The molecule has 0 spiro atoms. The lowest BCUT2D eigenvalue weighted by atomic mass is 10.1. The number of phosphoric acid groups is 1. The maximum Gasteiger partial charge on any atom is 0.475 e. The fourth-order valence-electron chi connectivity index (χ4n) is 14.9. The molecule has 15 atom stereocenters. The van der Waals surface area contributed by atoms with Crippen LogP contribution in [0.3, 0.4) is 0 Å². The van der Waals surface area contributed by atoms with E-state index in [4.69, 9.17) is 89.4 Å². The van der Waals surface area contributed by atoms with E-state index in [0.29, 0.717) is 12.2 Å². The summed E-state index contributed by atoms with van der Waals surface area (Å²) in [6.07, 6.45) is -13.6. The molecule has 2 heterocycles. The Morgan fingerprint density at radius 2 is 0.573 bits per heavy atom. The van der Waals surface area contributed by atoms with E-state index in [-0.39, 0.29) is 99.1 Å². The van der Waals surface area contributed by atoms with Crippen molar-refractivity contribution in [3.63, 3.8) is 0 Å². The van der Waals surface area contributed by atoms with Gasteiger partial charge < -0.3 is 75.8 Å². The number of fused-ring (bicyclic) bond motifs is 1. The highest BCUT2D eigenvalue weighted by Crippen LogP contribution is 2.54. The van der Waals surface area contributed by atoms with Crippen LogP contribution in [0, 0.1) is 0 Å². The number of ether oxygens (including phenoxy) is 16. The van der Waals surface area contributed by atoms with Crippen molar-refractivity contribution in [1.82, 2.24) is 0 Å². The molecular formula is C103H111O20P. The highest BCUT2D eigenvalue weighted by atomic mass is 31.2. The second-order valence-electron chi connectivity index (χ2n) is 30.5. The molecule has 2 aliphatic rings. The average Bonchev–Trinajstić information content (AvgIpc) is 1.77. The SMILES string of the molecule is COC1C(OCc2ccccc2)[C@@H](COCc2ccccc2)O[C@H]1OCC(OCc1ccccc1)C(OCc1ccccc1)C(COP(=O)(OCc1ccccc1)OC1C(OC)[C@H](OCC(OCc2ccccc2)C(OCc2ccccc2)C(COCc2ccc3ccccc3c2)OCc2ccccc2)O[C@@H]1COCc1ccccc1)OCc1ccccc1. The summed E-state index contributed by atoms with van der Waals surface area (Å²) in [5.74, 6) is 0. The minimum Gasteiger partial charge on any atom is -0.374 e. The van der Waals surface area contributed by atoms with E-state index in [1.807, 2.05) is 315 Å². The lowest BCUT2D eigenvalue weighted by Crippen LogP contribution is -2.48. The monoisotopic (exact) mass is 1700 g/mol. The fourth-order valence-corrected chi connectivity index (χ4v) is 16.3. The Morgan fingerprint density at radius 3 is 0.960 bits per heavy atom. The Hall–Kier alpha value is -9.63. The molecule has 0 aromatic heterocycles. The van der Waals surface area contributed by atoms with Crippen LogP contribution in [0.4, 0.5) is 0 Å². The summed E-state index contributed by atoms with van der Waals surface area (Å²) in [4.78, 5) is 0. The molecule has 648 valence electrons. The van der Waals surface area contributed by atoms with Crippen molar-refractivity contribution in [2.75, 3.05) is 53.9 Å². The van der Waals surface area contributed by atoms with E-state index < -0.39 is 100 Å². The summed E-state index contributed by atoms with van der Waals surface area (Å²) >= 11 is 0. The van der Waals surface area contributed by atoms with E-state index in [2.05, 4.69) is 30.3 Å². The van der Waals surface area contributed by atoms with Gasteiger partial charge in [-0.25, -0.2) is 4.57 Å². The van der Waals surface area contributed by atoms with Gasteiger partial charge in [-0.15, -0.1) is 0 Å². The molecule has 0 radical (unpaired) electrons. The molecule has 0 amide bonds. The molecule has 0 aliphatic carbocycles. The second-order valence-corrected chi connectivity index (χ2v) is 32.2. The first-order chi connectivity index (χ1) is 61.2. The van der Waals surface area contributed by atoms with Gasteiger partial charge in [0.2, 0.25) is 0 Å². The third-order valence-electron chi connectivity index (χ3n) is 21.5. The zero-order valence-electron chi connectivity index (χ0n) is 70.1. The Morgan fingerprint density at radius 1 is 0.266 bits per heavy atom. The van der Waals surface area contributed by atoms with Gasteiger partial charge in [-0.2, -0.15) is 0 Å². The second kappa shape index (κ2) is 49.3. The van der Waals surface area contributed by atoms with Gasteiger partial charge in [-0.3, -0.25) is 13.6 Å². The van der Waals surface area contributed by atoms with Crippen molar-refractivity contribution in [2.45, 2.75) is 159 Å². The molecule has 2 fully saturated rings. The Labute approximate surface area is 727 Å². The lowest BCUT2D eigenvalue weighted by molar-refractivity contribution is -0.221. The quantitative estimate of drug-likeness (QED) is 0.0327. The van der Waals surface area contributed by atoms with Gasteiger partial charge in [0.05, 0.1) is 112 Å². The summed E-state index contributed by atoms with van der Waals surface area (Å²) in [6.45, 7) is 0.970. The van der Waals surface area contributed by atoms with Crippen LogP contribution in [0.2, 0.25) is 0 Å². The lowest BCUT2D eigenvalue weighted by Gasteiger charge is -2.35. The Bertz CT molecular complexity index is 4970. The van der Waals surface area contributed by atoms with Crippen molar-refractivity contribution >= 4 is 18.6 Å². The third-order valence-corrected chi connectivity index (χ3v) is 22.9. The summed E-state index contributed by atoms with van der Waals surface area (Å²) < 4.78 is 148. The molecule has 0 saturated carbocycles. The molecule has 0 N–H and O–H groups in total. The first-order valence-corrected chi connectivity index (χ1v) is 43.8. The van der Waals surface area contributed by atoms with Crippen LogP contribution < -0.4 is 0 Å². The summed E-state index contributed by atoms with van der Waals surface area (Å²) in [6, 6.07) is 113. The molecular weight excluding hydrogens is 1590 g/mol. The molecule has 12 aromatic rings. The summed E-state index contributed by atoms with van der Waals surface area (Å²) in [5.41, 5.74) is 9.86. The van der Waals surface area contributed by atoms with Gasteiger partial charge in [0.1, 0.15) is 73.2 Å². The minimum atomic E-state index is -4.96. The average molecular weight is 1700 g/mol. The van der Waals surface area contributed by atoms with Gasteiger partial charge in [-0.1, -0.05) is 340 Å². The van der Waals surface area contributed by atoms with Gasteiger partial charge in [0.15, 0.2) is 12.6 Å². The Balaban J connectivity index is 0.790. The number of rotatable bonds is 53. The van der Waals surface area contributed by atoms with Crippen LogP contribution in [0.25, 0.3) is 10.8 Å². The number of hydrogen-bond donors (Lipinski definition) is 0. The summed E-state index contributed by atoms with van der Waals surface area (Å²) in [5, 5.41) is 2.23. The highest BCUT2D eigenvalue weighted by molar-refractivity contribution is 7.48. The molecule has 2 saturated heterocycles. The predicted molar refractivity (Wildman–Crippen MR) is 471 cm³/mol. The van der Waals surface area contributed by atoms with Crippen LogP contribution in [-0.2, 0) is 167 Å². The van der Waals surface area contributed by atoms with E-state index >= 15 is 4.57 Å². The Kier molecular flexibility index (Phi) is 36.0. The van der Waals surface area contributed by atoms with E-state index in [1.165, 1.54) is 7.11 Å². The van der Waals surface area contributed by atoms with E-state index in [9.17, 15) is 0 Å². The number of phosphoric ester groups is 1. The topological polar surface area (TPSA) is 192 Å². The largest absolute Gasteiger partial charge is 0.475 e. The van der Waals surface area contributed by atoms with Crippen molar-refractivity contribution in [3.05, 3.63) is 407 Å². The zero-order valence-corrected chi connectivity index (χ0v) is 71.0. The molecule has 0 bridgehead atoms. The van der Waals surface area contributed by atoms with Crippen LogP contribution in [-0.4, -0.2) is 140 Å².